The second kappa shape index (κ2) is 6.20. The first-order valence-electron chi connectivity index (χ1n) is 8.56. The van der Waals surface area contributed by atoms with E-state index in [2.05, 4.69) is 26.3 Å². The lowest BCUT2D eigenvalue weighted by molar-refractivity contribution is -0.123. The summed E-state index contributed by atoms with van der Waals surface area (Å²) in [5.41, 5.74) is 3.74. The molecule has 1 aromatic carbocycles. The van der Waals surface area contributed by atoms with E-state index >= 15 is 0 Å². The van der Waals surface area contributed by atoms with Crippen LogP contribution in [0.15, 0.2) is 35.1 Å². The summed E-state index contributed by atoms with van der Waals surface area (Å²) in [6, 6.07) is 9.60. The summed E-state index contributed by atoms with van der Waals surface area (Å²) in [6.07, 6.45) is 2.82. The van der Waals surface area contributed by atoms with E-state index < -0.39 is 0 Å². The van der Waals surface area contributed by atoms with Gasteiger partial charge in [0.2, 0.25) is 5.91 Å². The third kappa shape index (κ3) is 2.95. The zero-order chi connectivity index (χ0) is 17.4. The number of carbonyl (C=O) groups excluding carboxylic acids is 1. The maximum absolute atomic E-state index is 12.7. The van der Waals surface area contributed by atoms with E-state index in [-0.39, 0.29) is 23.9 Å². The maximum atomic E-state index is 12.7. The maximum Gasteiger partial charge on any atom is 0.251 e. The van der Waals surface area contributed by atoms with E-state index in [9.17, 15) is 9.59 Å². The molecule has 2 aromatic heterocycles. The third-order valence-corrected chi connectivity index (χ3v) is 4.79. The molecule has 4 rings (SSSR count). The van der Waals surface area contributed by atoms with Crippen LogP contribution >= 0.6 is 0 Å². The van der Waals surface area contributed by atoms with E-state index in [0.29, 0.717) is 11.5 Å². The number of fused-ring (bicyclic) bond motifs is 3. The van der Waals surface area contributed by atoms with Crippen LogP contribution in [0.25, 0.3) is 10.9 Å². The van der Waals surface area contributed by atoms with Crippen molar-refractivity contribution in [2.75, 3.05) is 0 Å². The second-order valence-electron chi connectivity index (χ2n) is 6.55. The summed E-state index contributed by atoms with van der Waals surface area (Å²) >= 11 is 0. The van der Waals surface area contributed by atoms with Gasteiger partial charge in [-0.15, -0.1) is 0 Å². The van der Waals surface area contributed by atoms with Crippen molar-refractivity contribution in [3.8, 4) is 0 Å². The molecule has 0 aliphatic heterocycles. The molecular formula is C19H20N4O2. The summed E-state index contributed by atoms with van der Waals surface area (Å²) in [5.74, 6) is 0.346. The average Bonchev–Trinajstić information content (AvgIpc) is 2.97. The molecular weight excluding hydrogens is 316 g/mol. The first-order valence-corrected chi connectivity index (χ1v) is 8.56. The predicted octanol–water partition coefficient (Wildman–Crippen LogP) is 2.30. The second-order valence-corrected chi connectivity index (χ2v) is 6.55. The summed E-state index contributed by atoms with van der Waals surface area (Å²) in [5, 5.41) is 4.14. The average molecular weight is 336 g/mol. The molecule has 0 unspecified atom stereocenters. The Balaban J connectivity index is 1.56. The van der Waals surface area contributed by atoms with Gasteiger partial charge in [0, 0.05) is 22.7 Å². The van der Waals surface area contributed by atoms with Crippen molar-refractivity contribution in [3.63, 3.8) is 0 Å². The Bertz CT molecular complexity index is 1000. The van der Waals surface area contributed by atoms with Crippen LogP contribution in [-0.2, 0) is 17.8 Å². The summed E-state index contributed by atoms with van der Waals surface area (Å²) in [6.45, 7) is 1.99. The molecule has 0 spiro atoms. The van der Waals surface area contributed by atoms with Crippen LogP contribution < -0.4 is 10.9 Å². The number of aromatic nitrogens is 3. The Morgan fingerprint density at radius 3 is 3.00 bits per heavy atom. The van der Waals surface area contributed by atoms with E-state index in [4.69, 9.17) is 0 Å². The SMILES string of the molecule is Cc1nc(CNC(=O)[C@@H]2CCCc3c2[nH]c2ccccc32)cc(=O)[nH]1. The highest BCUT2D eigenvalue weighted by Gasteiger charge is 2.29. The number of aromatic amines is 2. The number of nitrogens with one attached hydrogen (secondary N) is 3. The molecule has 6 heteroatoms. The van der Waals surface area contributed by atoms with Crippen molar-refractivity contribution in [1.82, 2.24) is 20.3 Å². The van der Waals surface area contributed by atoms with Crippen LogP contribution in [0.2, 0.25) is 0 Å². The molecule has 0 saturated carbocycles. The van der Waals surface area contributed by atoms with E-state index in [1.807, 2.05) is 18.2 Å². The van der Waals surface area contributed by atoms with E-state index in [0.717, 1.165) is 30.5 Å². The predicted molar refractivity (Wildman–Crippen MR) is 95.4 cm³/mol. The van der Waals surface area contributed by atoms with Crippen LogP contribution in [-0.4, -0.2) is 20.9 Å². The lowest BCUT2D eigenvalue weighted by Crippen LogP contribution is -2.31. The molecule has 3 aromatic rings. The van der Waals surface area contributed by atoms with E-state index in [1.54, 1.807) is 6.92 Å². The van der Waals surface area contributed by atoms with Crippen LogP contribution in [0.1, 0.15) is 41.5 Å². The largest absolute Gasteiger partial charge is 0.357 e. The molecule has 6 nitrogen and oxygen atoms in total. The molecule has 1 aliphatic rings. The van der Waals surface area contributed by atoms with Gasteiger partial charge in [0.25, 0.3) is 5.56 Å². The summed E-state index contributed by atoms with van der Waals surface area (Å²) in [4.78, 5) is 34.5. The van der Waals surface area contributed by atoms with Crippen molar-refractivity contribution in [2.24, 2.45) is 0 Å². The van der Waals surface area contributed by atoms with Gasteiger partial charge in [0.15, 0.2) is 0 Å². The highest BCUT2D eigenvalue weighted by Crippen LogP contribution is 2.36. The Labute approximate surface area is 144 Å². The van der Waals surface area contributed by atoms with Gasteiger partial charge in [0.05, 0.1) is 18.2 Å². The Morgan fingerprint density at radius 1 is 1.32 bits per heavy atom. The lowest BCUT2D eigenvalue weighted by Gasteiger charge is -2.22. The highest BCUT2D eigenvalue weighted by atomic mass is 16.2. The fourth-order valence-corrected chi connectivity index (χ4v) is 3.71. The molecule has 25 heavy (non-hydrogen) atoms. The number of benzene rings is 1. The summed E-state index contributed by atoms with van der Waals surface area (Å²) < 4.78 is 0. The number of para-hydroxylation sites is 1. The first kappa shape index (κ1) is 15.6. The minimum Gasteiger partial charge on any atom is -0.357 e. The molecule has 1 amide bonds. The van der Waals surface area contributed by atoms with Crippen molar-refractivity contribution in [1.29, 1.82) is 0 Å². The van der Waals surface area contributed by atoms with Crippen molar-refractivity contribution in [3.05, 3.63) is 63.5 Å². The highest BCUT2D eigenvalue weighted by molar-refractivity contribution is 5.90. The van der Waals surface area contributed by atoms with Crippen molar-refractivity contribution >= 4 is 16.8 Å². The number of amides is 1. The number of rotatable bonds is 3. The molecule has 0 fully saturated rings. The molecule has 0 bridgehead atoms. The Hall–Kier alpha value is -2.89. The zero-order valence-electron chi connectivity index (χ0n) is 14.1. The van der Waals surface area contributed by atoms with E-state index in [1.165, 1.54) is 17.0 Å². The van der Waals surface area contributed by atoms with Gasteiger partial charge in [-0.05, 0) is 37.8 Å². The van der Waals surface area contributed by atoms with Gasteiger partial charge >= 0.3 is 0 Å². The quantitative estimate of drug-likeness (QED) is 0.685. The number of carbonyl (C=O) groups is 1. The number of hydrogen-bond acceptors (Lipinski definition) is 3. The fourth-order valence-electron chi connectivity index (χ4n) is 3.71. The number of H-pyrrole nitrogens is 2. The molecule has 2 heterocycles. The van der Waals surface area contributed by atoms with Gasteiger partial charge in [-0.3, -0.25) is 9.59 Å². The fraction of sp³-hybridized carbons (Fsp3) is 0.316. The van der Waals surface area contributed by atoms with Gasteiger partial charge in [0.1, 0.15) is 5.82 Å². The zero-order valence-corrected chi connectivity index (χ0v) is 14.1. The van der Waals surface area contributed by atoms with Crippen LogP contribution in [0.4, 0.5) is 0 Å². The minimum absolute atomic E-state index is 0.0211. The molecule has 1 atom stereocenters. The van der Waals surface area contributed by atoms with Crippen molar-refractivity contribution < 1.29 is 4.79 Å². The van der Waals surface area contributed by atoms with Crippen molar-refractivity contribution in [2.45, 2.75) is 38.6 Å². The Morgan fingerprint density at radius 2 is 2.16 bits per heavy atom. The summed E-state index contributed by atoms with van der Waals surface area (Å²) in [7, 11) is 0. The first-order chi connectivity index (χ1) is 12.1. The lowest BCUT2D eigenvalue weighted by atomic mass is 9.86. The normalized spacial score (nSPS) is 16.6. The number of hydrogen-bond donors (Lipinski definition) is 3. The van der Waals surface area contributed by atoms with Crippen LogP contribution in [0, 0.1) is 6.92 Å². The minimum atomic E-state index is -0.202. The standard InChI is InChI=1S/C19H20N4O2/c1-11-21-12(9-17(24)22-11)10-20-19(25)15-7-4-6-14-13-5-2-3-8-16(13)23-18(14)15/h2-3,5,8-9,15,23H,4,6-7,10H2,1H3,(H,20,25)(H,21,22,24)/t15-/m1/s1. The van der Waals surface area contributed by atoms with Crippen LogP contribution in [0.3, 0.4) is 0 Å². The third-order valence-electron chi connectivity index (χ3n) is 4.79. The van der Waals surface area contributed by atoms with Gasteiger partial charge in [-0.1, -0.05) is 18.2 Å². The monoisotopic (exact) mass is 336 g/mol. The molecule has 128 valence electrons. The molecule has 3 N–H and O–H groups in total. The number of nitrogens with zero attached hydrogens (tertiary/aromatic N) is 1. The molecule has 0 radical (unpaired) electrons. The smallest absolute Gasteiger partial charge is 0.251 e. The van der Waals surface area contributed by atoms with Gasteiger partial charge < -0.3 is 15.3 Å². The van der Waals surface area contributed by atoms with Gasteiger partial charge in [-0.25, -0.2) is 4.98 Å². The molecule has 0 saturated heterocycles. The van der Waals surface area contributed by atoms with Crippen LogP contribution in [0.5, 0.6) is 0 Å². The molecule has 1 aliphatic carbocycles. The Kier molecular flexibility index (Phi) is 3.87. The topological polar surface area (TPSA) is 90.6 Å². The number of aryl methyl sites for hydroxylation is 2. The van der Waals surface area contributed by atoms with Gasteiger partial charge in [-0.2, -0.15) is 0 Å².